The van der Waals surface area contributed by atoms with Crippen molar-refractivity contribution in [1.29, 1.82) is 0 Å². The van der Waals surface area contributed by atoms with Gasteiger partial charge in [0.2, 0.25) is 11.8 Å². The molecule has 1 unspecified atom stereocenters. The van der Waals surface area contributed by atoms with Gasteiger partial charge in [0.25, 0.3) is 0 Å². The highest BCUT2D eigenvalue weighted by Crippen LogP contribution is 2.47. The number of likely N-dealkylation sites (N-methyl/N-ethyl adjacent to an activating group) is 1. The summed E-state index contributed by atoms with van der Waals surface area (Å²) in [7, 11) is 1.86. The largest absolute Gasteiger partial charge is 0.416 e. The summed E-state index contributed by atoms with van der Waals surface area (Å²) in [5.74, 6) is -0.283. The molecular weight excluding hydrogens is 407 g/mol. The number of halogens is 3. The second-order valence-corrected chi connectivity index (χ2v) is 8.70. The Morgan fingerprint density at radius 2 is 1.77 bits per heavy atom. The molecule has 0 N–H and O–H groups in total. The Hall–Kier alpha value is -2.35. The average molecular weight is 435 g/mol. The zero-order valence-electron chi connectivity index (χ0n) is 17.7. The van der Waals surface area contributed by atoms with Gasteiger partial charge in [-0.1, -0.05) is 30.7 Å². The molecule has 2 aliphatic heterocycles. The maximum atomic E-state index is 13.6. The molecule has 31 heavy (non-hydrogen) atoms. The molecule has 1 saturated carbocycles. The Balaban J connectivity index is 1.63. The third-order valence-corrected chi connectivity index (χ3v) is 6.96. The van der Waals surface area contributed by atoms with E-state index in [9.17, 15) is 22.8 Å². The van der Waals surface area contributed by atoms with Crippen molar-refractivity contribution in [1.82, 2.24) is 14.7 Å². The van der Waals surface area contributed by atoms with E-state index in [1.165, 1.54) is 12.1 Å². The minimum absolute atomic E-state index is 0.00808. The molecule has 8 heteroatoms. The summed E-state index contributed by atoms with van der Waals surface area (Å²) in [6.45, 7) is 1.20. The number of carbonyl (C=O) groups excluding carboxylic acids is 2. The molecule has 1 atom stereocenters. The van der Waals surface area contributed by atoms with E-state index in [4.69, 9.17) is 0 Å². The first-order valence-electron chi connectivity index (χ1n) is 10.9. The molecule has 1 saturated heterocycles. The summed E-state index contributed by atoms with van der Waals surface area (Å²) in [6.07, 6.45) is 4.90. The lowest BCUT2D eigenvalue weighted by Gasteiger charge is -2.45. The molecule has 2 fully saturated rings. The molecule has 0 aromatic heterocycles. The van der Waals surface area contributed by atoms with Crippen LogP contribution in [-0.2, 0) is 15.8 Å². The van der Waals surface area contributed by atoms with Crippen molar-refractivity contribution in [2.45, 2.75) is 56.4 Å². The van der Waals surface area contributed by atoms with Crippen LogP contribution < -0.4 is 0 Å². The lowest BCUT2D eigenvalue weighted by Crippen LogP contribution is -2.56. The second kappa shape index (κ2) is 8.30. The fourth-order valence-corrected chi connectivity index (χ4v) is 5.24. The first-order valence-corrected chi connectivity index (χ1v) is 10.9. The first kappa shape index (κ1) is 21.9. The second-order valence-electron chi connectivity index (χ2n) is 8.70. The summed E-state index contributed by atoms with van der Waals surface area (Å²) in [5.41, 5.74) is -0.771. The van der Waals surface area contributed by atoms with Crippen molar-refractivity contribution in [3.63, 3.8) is 0 Å². The van der Waals surface area contributed by atoms with E-state index in [2.05, 4.69) is 0 Å². The number of hydrogen-bond donors (Lipinski definition) is 0. The highest BCUT2D eigenvalue weighted by molar-refractivity contribution is 5.91. The van der Waals surface area contributed by atoms with Gasteiger partial charge in [-0.05, 0) is 56.8 Å². The van der Waals surface area contributed by atoms with Crippen LogP contribution in [0.25, 0.3) is 0 Å². The van der Waals surface area contributed by atoms with Crippen LogP contribution in [0.1, 0.15) is 55.7 Å². The zero-order valence-corrected chi connectivity index (χ0v) is 17.7. The number of nitrogens with zero attached hydrogens (tertiary/aromatic N) is 3. The van der Waals surface area contributed by atoms with Crippen molar-refractivity contribution in [3.05, 3.63) is 47.5 Å². The minimum Gasteiger partial charge on any atom is -0.337 e. The lowest BCUT2D eigenvalue weighted by atomic mass is 9.87. The number of rotatable bonds is 3. The first-order chi connectivity index (χ1) is 14.7. The monoisotopic (exact) mass is 435 g/mol. The van der Waals surface area contributed by atoms with Crippen LogP contribution in [-0.4, -0.2) is 58.9 Å². The summed E-state index contributed by atoms with van der Waals surface area (Å²) in [6, 6.07) is 4.14. The molecule has 0 radical (unpaired) electrons. The Kier molecular flexibility index (Phi) is 5.85. The molecule has 3 aliphatic rings. The molecule has 2 heterocycles. The highest BCUT2D eigenvalue weighted by Gasteiger charge is 2.56. The van der Waals surface area contributed by atoms with E-state index in [1.807, 2.05) is 24.1 Å². The van der Waals surface area contributed by atoms with Crippen LogP contribution >= 0.6 is 0 Å². The van der Waals surface area contributed by atoms with Gasteiger partial charge >= 0.3 is 6.18 Å². The molecule has 4 rings (SSSR count). The van der Waals surface area contributed by atoms with E-state index in [0.29, 0.717) is 18.7 Å². The minimum atomic E-state index is -4.42. The average Bonchev–Trinajstić information content (AvgIpc) is 2.95. The topological polar surface area (TPSA) is 43.9 Å². The maximum Gasteiger partial charge on any atom is 0.416 e. The predicted octanol–water partition coefficient (Wildman–Crippen LogP) is 3.97. The van der Waals surface area contributed by atoms with Gasteiger partial charge in [0.15, 0.2) is 0 Å². The highest BCUT2D eigenvalue weighted by atomic mass is 19.4. The van der Waals surface area contributed by atoms with Gasteiger partial charge in [0.1, 0.15) is 12.6 Å². The standard InChI is InChI=1S/C23H28F3N3O2/c1-27-20(17-8-10-18(11-9-17)23(24,25)26)21(31)29(22(27)12-4-2-5-13-22)16-19(30)28-14-6-3-7-15-28/h3,6,8-11,20H,2,4-5,7,12-16H2,1H3. The van der Waals surface area contributed by atoms with E-state index in [1.54, 1.807) is 9.80 Å². The molecule has 1 aromatic carbocycles. The molecule has 5 nitrogen and oxygen atoms in total. The lowest BCUT2D eigenvalue weighted by molar-refractivity contribution is -0.144. The number of benzene rings is 1. The number of hydrogen-bond acceptors (Lipinski definition) is 3. The Labute approximate surface area is 180 Å². The molecular formula is C23H28F3N3O2. The van der Waals surface area contributed by atoms with Gasteiger partial charge in [-0.2, -0.15) is 13.2 Å². The number of carbonyl (C=O) groups is 2. The van der Waals surface area contributed by atoms with Crippen LogP contribution in [0.4, 0.5) is 13.2 Å². The summed E-state index contributed by atoms with van der Waals surface area (Å²) in [5, 5.41) is 0. The van der Waals surface area contributed by atoms with Crippen LogP contribution in [0, 0.1) is 0 Å². The van der Waals surface area contributed by atoms with Crippen molar-refractivity contribution in [3.8, 4) is 0 Å². The van der Waals surface area contributed by atoms with Crippen molar-refractivity contribution in [2.75, 3.05) is 26.7 Å². The fraction of sp³-hybridized carbons (Fsp3) is 0.565. The molecule has 1 aliphatic carbocycles. The SMILES string of the molecule is CN1C(c2ccc(C(F)(F)F)cc2)C(=O)N(CC(=O)N2CC=CCC2)C12CCCCC2. The van der Waals surface area contributed by atoms with Crippen LogP contribution in [0.2, 0.25) is 0 Å². The van der Waals surface area contributed by atoms with E-state index in [0.717, 1.165) is 50.7 Å². The van der Waals surface area contributed by atoms with Crippen LogP contribution in [0.3, 0.4) is 0 Å². The Bertz CT molecular complexity index is 860. The third-order valence-electron chi connectivity index (χ3n) is 6.96. The fourth-order valence-electron chi connectivity index (χ4n) is 5.24. The summed E-state index contributed by atoms with van der Waals surface area (Å²) in [4.78, 5) is 32.0. The molecule has 1 aromatic rings. The predicted molar refractivity (Wildman–Crippen MR) is 110 cm³/mol. The Morgan fingerprint density at radius 3 is 2.35 bits per heavy atom. The van der Waals surface area contributed by atoms with E-state index >= 15 is 0 Å². The normalized spacial score (nSPS) is 24.3. The van der Waals surface area contributed by atoms with Crippen LogP contribution in [0.5, 0.6) is 0 Å². The molecule has 168 valence electrons. The smallest absolute Gasteiger partial charge is 0.337 e. The van der Waals surface area contributed by atoms with Gasteiger partial charge < -0.3 is 9.80 Å². The van der Waals surface area contributed by atoms with E-state index in [-0.39, 0.29) is 18.4 Å². The number of alkyl halides is 3. The van der Waals surface area contributed by atoms with Crippen molar-refractivity contribution < 1.29 is 22.8 Å². The quantitative estimate of drug-likeness (QED) is 0.675. The molecule has 1 spiro atoms. The summed E-state index contributed by atoms with van der Waals surface area (Å²) < 4.78 is 39.0. The van der Waals surface area contributed by atoms with Crippen molar-refractivity contribution >= 4 is 11.8 Å². The van der Waals surface area contributed by atoms with Crippen molar-refractivity contribution in [2.24, 2.45) is 0 Å². The molecule has 0 bridgehead atoms. The van der Waals surface area contributed by atoms with Gasteiger partial charge in [0.05, 0.1) is 11.2 Å². The van der Waals surface area contributed by atoms with Crippen LogP contribution in [0.15, 0.2) is 36.4 Å². The summed E-state index contributed by atoms with van der Waals surface area (Å²) >= 11 is 0. The zero-order chi connectivity index (χ0) is 22.2. The van der Waals surface area contributed by atoms with Gasteiger partial charge in [-0.15, -0.1) is 0 Å². The molecule has 2 amide bonds. The van der Waals surface area contributed by atoms with Gasteiger partial charge in [0, 0.05) is 13.1 Å². The van der Waals surface area contributed by atoms with Gasteiger partial charge in [-0.25, -0.2) is 0 Å². The maximum absolute atomic E-state index is 13.6. The third kappa shape index (κ3) is 3.97. The van der Waals surface area contributed by atoms with Gasteiger partial charge in [-0.3, -0.25) is 14.5 Å². The van der Waals surface area contributed by atoms with E-state index < -0.39 is 23.4 Å². The Morgan fingerprint density at radius 1 is 1.10 bits per heavy atom. The number of amides is 2.